The van der Waals surface area contributed by atoms with Gasteiger partial charge in [0.05, 0.1) is 0 Å². The number of ether oxygens (including phenoxy) is 1. The van der Waals surface area contributed by atoms with E-state index in [2.05, 4.69) is 26.1 Å². The van der Waals surface area contributed by atoms with Crippen LogP contribution >= 0.6 is 0 Å². The fourth-order valence-corrected chi connectivity index (χ4v) is 2.08. The molecule has 20 heavy (non-hydrogen) atoms. The van der Waals surface area contributed by atoms with Gasteiger partial charge in [-0.2, -0.15) is 0 Å². The summed E-state index contributed by atoms with van der Waals surface area (Å²) < 4.78 is 5.80. The average molecular weight is 277 g/mol. The highest BCUT2D eigenvalue weighted by Gasteiger charge is 2.20. The van der Waals surface area contributed by atoms with Crippen LogP contribution in [-0.2, 0) is 11.2 Å². The van der Waals surface area contributed by atoms with Gasteiger partial charge < -0.3 is 10.1 Å². The largest absolute Gasteiger partial charge is 0.481 e. The molecule has 0 aliphatic carbocycles. The van der Waals surface area contributed by atoms with Crippen molar-refractivity contribution >= 4 is 5.91 Å². The molecule has 0 spiro atoms. The maximum Gasteiger partial charge on any atom is 0.261 e. The number of carbonyl (C=O) groups is 1. The van der Waals surface area contributed by atoms with Crippen molar-refractivity contribution < 1.29 is 9.53 Å². The van der Waals surface area contributed by atoms with Crippen LogP contribution in [0.2, 0.25) is 0 Å². The Morgan fingerprint density at radius 1 is 1.05 bits per heavy atom. The molecule has 0 heterocycles. The quantitative estimate of drug-likeness (QED) is 0.786. The summed E-state index contributed by atoms with van der Waals surface area (Å²) in [6.07, 6.45) is 3.16. The highest BCUT2D eigenvalue weighted by molar-refractivity contribution is 5.81. The van der Waals surface area contributed by atoms with Crippen molar-refractivity contribution in [3.8, 4) is 5.75 Å². The Morgan fingerprint density at radius 3 is 2.10 bits per heavy atom. The summed E-state index contributed by atoms with van der Waals surface area (Å²) in [6.45, 7) is 8.25. The zero-order valence-corrected chi connectivity index (χ0v) is 13.1. The lowest BCUT2D eigenvalue weighted by Gasteiger charge is -2.21. The van der Waals surface area contributed by atoms with Crippen LogP contribution < -0.4 is 10.1 Å². The fraction of sp³-hybridized carbons (Fsp3) is 0.588. The number of hydrogen-bond acceptors (Lipinski definition) is 2. The van der Waals surface area contributed by atoms with Crippen molar-refractivity contribution in [1.82, 2.24) is 5.32 Å². The van der Waals surface area contributed by atoms with Crippen molar-refractivity contribution in [3.05, 3.63) is 29.8 Å². The van der Waals surface area contributed by atoms with Crippen molar-refractivity contribution in [1.29, 1.82) is 0 Å². The molecular formula is C17H27NO2. The molecule has 0 aliphatic heterocycles. The van der Waals surface area contributed by atoms with Crippen LogP contribution in [0.5, 0.6) is 5.75 Å². The molecule has 0 radical (unpaired) electrons. The summed E-state index contributed by atoms with van der Waals surface area (Å²) >= 11 is 0. The Morgan fingerprint density at radius 2 is 1.65 bits per heavy atom. The molecule has 0 aliphatic rings. The van der Waals surface area contributed by atoms with Gasteiger partial charge in [-0.3, -0.25) is 4.79 Å². The molecule has 1 rings (SSSR count). The Bertz CT molecular complexity index is 396. The first kappa shape index (κ1) is 16.5. The first-order valence-corrected chi connectivity index (χ1v) is 7.70. The maximum absolute atomic E-state index is 12.2. The van der Waals surface area contributed by atoms with E-state index in [1.807, 2.05) is 31.2 Å². The first-order valence-electron chi connectivity index (χ1n) is 7.70. The minimum atomic E-state index is -0.414. The van der Waals surface area contributed by atoms with Gasteiger partial charge in [-0.05, 0) is 43.4 Å². The molecule has 3 nitrogen and oxygen atoms in total. The third-order valence-corrected chi connectivity index (χ3v) is 3.61. The van der Waals surface area contributed by atoms with E-state index < -0.39 is 6.10 Å². The number of nitrogens with one attached hydrogen (secondary N) is 1. The molecule has 3 heteroatoms. The third kappa shape index (κ3) is 4.87. The second-order valence-corrected chi connectivity index (χ2v) is 5.03. The van der Waals surface area contributed by atoms with Gasteiger partial charge in [-0.25, -0.2) is 0 Å². The normalized spacial score (nSPS) is 12.2. The van der Waals surface area contributed by atoms with Crippen LogP contribution in [0.25, 0.3) is 0 Å². The molecule has 0 aromatic heterocycles. The van der Waals surface area contributed by atoms with Gasteiger partial charge in [-0.1, -0.05) is 39.8 Å². The molecule has 0 saturated heterocycles. The number of carbonyl (C=O) groups excluding carboxylic acids is 1. The second-order valence-electron chi connectivity index (χ2n) is 5.03. The van der Waals surface area contributed by atoms with Gasteiger partial charge in [0.15, 0.2) is 6.10 Å². The zero-order chi connectivity index (χ0) is 15.0. The minimum absolute atomic E-state index is 0.0132. The molecular weight excluding hydrogens is 250 g/mol. The van der Waals surface area contributed by atoms with E-state index in [-0.39, 0.29) is 11.9 Å². The number of aryl methyl sites for hydroxylation is 1. The van der Waals surface area contributed by atoms with Crippen molar-refractivity contribution in [3.63, 3.8) is 0 Å². The summed E-state index contributed by atoms with van der Waals surface area (Å²) in [4.78, 5) is 12.2. The maximum atomic E-state index is 12.2. The third-order valence-electron chi connectivity index (χ3n) is 3.61. The van der Waals surface area contributed by atoms with Crippen LogP contribution in [0.4, 0.5) is 0 Å². The van der Waals surface area contributed by atoms with E-state index in [0.717, 1.165) is 25.0 Å². The molecule has 112 valence electrons. The Balaban J connectivity index is 2.63. The number of benzene rings is 1. The standard InChI is InChI=1S/C17H27NO2/c1-5-13-9-11-15(12-10-13)20-16(8-4)17(19)18-14(6-2)7-3/h9-12,14,16H,5-8H2,1-4H3,(H,18,19). The number of rotatable bonds is 8. The monoisotopic (exact) mass is 277 g/mol. The average Bonchev–Trinajstić information content (AvgIpc) is 2.50. The van der Waals surface area contributed by atoms with Gasteiger partial charge in [0.1, 0.15) is 5.75 Å². The predicted octanol–water partition coefficient (Wildman–Crippen LogP) is 3.71. The van der Waals surface area contributed by atoms with E-state index in [9.17, 15) is 4.79 Å². The Kier molecular flexibility index (Phi) is 7.13. The summed E-state index contributed by atoms with van der Waals surface area (Å²) in [6, 6.07) is 8.20. The molecule has 0 bridgehead atoms. The highest BCUT2D eigenvalue weighted by atomic mass is 16.5. The molecule has 1 amide bonds. The van der Waals surface area contributed by atoms with Crippen LogP contribution in [0.3, 0.4) is 0 Å². The SMILES string of the molecule is CCc1ccc(OC(CC)C(=O)NC(CC)CC)cc1. The summed E-state index contributed by atoms with van der Waals surface area (Å²) in [5.41, 5.74) is 1.27. The molecule has 1 aromatic rings. The number of amides is 1. The fourth-order valence-electron chi connectivity index (χ4n) is 2.08. The Hall–Kier alpha value is -1.51. The van der Waals surface area contributed by atoms with Crippen LogP contribution in [0.1, 0.15) is 52.5 Å². The highest BCUT2D eigenvalue weighted by Crippen LogP contribution is 2.15. The van der Waals surface area contributed by atoms with Gasteiger partial charge in [0.25, 0.3) is 5.91 Å². The minimum Gasteiger partial charge on any atom is -0.481 e. The van der Waals surface area contributed by atoms with Gasteiger partial charge in [-0.15, -0.1) is 0 Å². The van der Waals surface area contributed by atoms with E-state index in [4.69, 9.17) is 4.74 Å². The van der Waals surface area contributed by atoms with E-state index >= 15 is 0 Å². The summed E-state index contributed by atoms with van der Waals surface area (Å²) in [7, 11) is 0. The van der Waals surface area contributed by atoms with E-state index in [0.29, 0.717) is 6.42 Å². The lowest BCUT2D eigenvalue weighted by Crippen LogP contribution is -2.43. The first-order chi connectivity index (χ1) is 9.64. The number of hydrogen-bond donors (Lipinski definition) is 1. The van der Waals surface area contributed by atoms with Crippen molar-refractivity contribution in [2.24, 2.45) is 0 Å². The van der Waals surface area contributed by atoms with Gasteiger partial charge >= 0.3 is 0 Å². The summed E-state index contributed by atoms with van der Waals surface area (Å²) in [5, 5.41) is 3.05. The van der Waals surface area contributed by atoms with Crippen molar-refractivity contribution in [2.75, 3.05) is 0 Å². The zero-order valence-electron chi connectivity index (χ0n) is 13.1. The van der Waals surface area contributed by atoms with Gasteiger partial charge in [0.2, 0.25) is 0 Å². The molecule has 0 fully saturated rings. The lowest BCUT2D eigenvalue weighted by molar-refractivity contribution is -0.128. The lowest BCUT2D eigenvalue weighted by atomic mass is 10.1. The van der Waals surface area contributed by atoms with Crippen LogP contribution in [0, 0.1) is 0 Å². The van der Waals surface area contributed by atoms with Gasteiger partial charge in [0, 0.05) is 6.04 Å². The smallest absolute Gasteiger partial charge is 0.261 e. The molecule has 0 saturated carbocycles. The second kappa shape index (κ2) is 8.62. The molecule has 1 aromatic carbocycles. The molecule has 1 atom stereocenters. The van der Waals surface area contributed by atoms with Crippen molar-refractivity contribution in [2.45, 2.75) is 65.5 Å². The predicted molar refractivity (Wildman–Crippen MR) is 83.0 cm³/mol. The Labute approximate surface area is 122 Å². The van der Waals surface area contributed by atoms with Crippen LogP contribution in [0.15, 0.2) is 24.3 Å². The van der Waals surface area contributed by atoms with E-state index in [1.165, 1.54) is 5.56 Å². The molecule has 1 N–H and O–H groups in total. The van der Waals surface area contributed by atoms with Crippen LogP contribution in [-0.4, -0.2) is 18.1 Å². The molecule has 1 unspecified atom stereocenters. The summed E-state index contributed by atoms with van der Waals surface area (Å²) in [5.74, 6) is 0.745. The topological polar surface area (TPSA) is 38.3 Å². The van der Waals surface area contributed by atoms with E-state index in [1.54, 1.807) is 0 Å².